The van der Waals surface area contributed by atoms with E-state index in [4.69, 9.17) is 4.74 Å². The summed E-state index contributed by atoms with van der Waals surface area (Å²) in [5.41, 5.74) is 0.139. The van der Waals surface area contributed by atoms with Crippen LogP contribution in [0.4, 0.5) is 0 Å². The lowest BCUT2D eigenvalue weighted by Gasteiger charge is -2.45. The number of ether oxygens (including phenoxy) is 1. The molecule has 2 saturated carbocycles. The quantitative estimate of drug-likeness (QED) is 0.746. The van der Waals surface area contributed by atoms with Crippen molar-refractivity contribution in [1.82, 2.24) is 5.32 Å². The molecule has 0 aromatic rings. The van der Waals surface area contributed by atoms with Crippen molar-refractivity contribution in [3.05, 3.63) is 0 Å². The highest BCUT2D eigenvalue weighted by atomic mass is 16.5. The van der Waals surface area contributed by atoms with E-state index in [0.717, 1.165) is 25.0 Å². The van der Waals surface area contributed by atoms with Gasteiger partial charge in [0.15, 0.2) is 0 Å². The van der Waals surface area contributed by atoms with Gasteiger partial charge in [-0.25, -0.2) is 0 Å². The molecule has 1 unspecified atom stereocenters. The van der Waals surface area contributed by atoms with E-state index >= 15 is 0 Å². The van der Waals surface area contributed by atoms with Gasteiger partial charge < -0.3 is 10.1 Å². The molecular formula is C16H31NO. The SMILES string of the molecule is CCNC(CC1CC1)C1(OCC)CCC(C)CC1. The summed E-state index contributed by atoms with van der Waals surface area (Å²) in [5, 5.41) is 3.74. The molecule has 0 aromatic carbocycles. The van der Waals surface area contributed by atoms with Crippen LogP contribution in [-0.2, 0) is 4.74 Å². The Bertz CT molecular complexity index is 241. The summed E-state index contributed by atoms with van der Waals surface area (Å²) in [6, 6.07) is 0.586. The van der Waals surface area contributed by atoms with Crippen molar-refractivity contribution in [2.45, 2.75) is 77.4 Å². The third-order valence-electron chi connectivity index (χ3n) is 4.90. The van der Waals surface area contributed by atoms with Gasteiger partial charge in [-0.2, -0.15) is 0 Å². The van der Waals surface area contributed by atoms with Crippen molar-refractivity contribution in [2.24, 2.45) is 11.8 Å². The summed E-state index contributed by atoms with van der Waals surface area (Å²) in [4.78, 5) is 0. The van der Waals surface area contributed by atoms with Gasteiger partial charge in [-0.05, 0) is 57.4 Å². The van der Waals surface area contributed by atoms with Crippen LogP contribution in [0.1, 0.15) is 65.7 Å². The second-order valence-electron chi connectivity index (χ2n) is 6.47. The van der Waals surface area contributed by atoms with E-state index in [1.54, 1.807) is 0 Å². The molecular weight excluding hydrogens is 222 g/mol. The molecule has 0 spiro atoms. The van der Waals surface area contributed by atoms with Crippen LogP contribution in [0, 0.1) is 11.8 Å². The van der Waals surface area contributed by atoms with Crippen LogP contribution in [0.25, 0.3) is 0 Å². The van der Waals surface area contributed by atoms with Crippen molar-refractivity contribution >= 4 is 0 Å². The molecule has 2 heteroatoms. The van der Waals surface area contributed by atoms with Crippen molar-refractivity contribution in [1.29, 1.82) is 0 Å². The Balaban J connectivity index is 2.03. The normalized spacial score (nSPS) is 34.5. The van der Waals surface area contributed by atoms with Gasteiger partial charge >= 0.3 is 0 Å². The van der Waals surface area contributed by atoms with E-state index < -0.39 is 0 Å². The number of hydrogen-bond acceptors (Lipinski definition) is 2. The molecule has 106 valence electrons. The highest BCUT2D eigenvalue weighted by Crippen LogP contribution is 2.42. The molecule has 1 N–H and O–H groups in total. The first-order valence-electron chi connectivity index (χ1n) is 8.07. The fourth-order valence-corrected chi connectivity index (χ4v) is 3.55. The minimum Gasteiger partial charge on any atom is -0.374 e. The molecule has 2 fully saturated rings. The van der Waals surface area contributed by atoms with Crippen LogP contribution in [0.3, 0.4) is 0 Å². The Morgan fingerprint density at radius 3 is 2.33 bits per heavy atom. The van der Waals surface area contributed by atoms with Crippen LogP contribution < -0.4 is 5.32 Å². The van der Waals surface area contributed by atoms with Crippen LogP contribution in [0.2, 0.25) is 0 Å². The first kappa shape index (κ1) is 14.3. The van der Waals surface area contributed by atoms with E-state index in [9.17, 15) is 0 Å². The topological polar surface area (TPSA) is 21.3 Å². The van der Waals surface area contributed by atoms with E-state index in [-0.39, 0.29) is 5.60 Å². The van der Waals surface area contributed by atoms with Gasteiger partial charge in [0.1, 0.15) is 0 Å². The fraction of sp³-hybridized carbons (Fsp3) is 1.00. The maximum absolute atomic E-state index is 6.30. The van der Waals surface area contributed by atoms with Gasteiger partial charge in [0.25, 0.3) is 0 Å². The lowest BCUT2D eigenvalue weighted by Crippen LogP contribution is -2.54. The van der Waals surface area contributed by atoms with Gasteiger partial charge in [-0.3, -0.25) is 0 Å². The molecule has 0 heterocycles. The molecule has 2 nitrogen and oxygen atoms in total. The second-order valence-corrected chi connectivity index (χ2v) is 6.47. The molecule has 1 atom stereocenters. The minimum atomic E-state index is 0.139. The summed E-state index contributed by atoms with van der Waals surface area (Å²) in [6.45, 7) is 8.70. The predicted octanol–water partition coefficient (Wildman–Crippen LogP) is 3.75. The van der Waals surface area contributed by atoms with Crippen LogP contribution in [0.5, 0.6) is 0 Å². The predicted molar refractivity (Wildman–Crippen MR) is 76.8 cm³/mol. The minimum absolute atomic E-state index is 0.139. The molecule has 18 heavy (non-hydrogen) atoms. The summed E-state index contributed by atoms with van der Waals surface area (Å²) >= 11 is 0. The van der Waals surface area contributed by atoms with Crippen molar-refractivity contribution in [2.75, 3.05) is 13.2 Å². The average Bonchev–Trinajstić information content (AvgIpc) is 3.16. The molecule has 0 aliphatic heterocycles. The first-order valence-corrected chi connectivity index (χ1v) is 8.07. The standard InChI is InChI=1S/C16H31NO/c1-4-17-15(12-14-6-7-14)16(18-5-2)10-8-13(3)9-11-16/h13-15,17H,4-12H2,1-3H3. The fourth-order valence-electron chi connectivity index (χ4n) is 3.55. The lowest BCUT2D eigenvalue weighted by molar-refractivity contribution is -0.0984. The Labute approximate surface area is 113 Å². The Hall–Kier alpha value is -0.0800. The summed E-state index contributed by atoms with van der Waals surface area (Å²) in [5.74, 6) is 1.87. The largest absolute Gasteiger partial charge is 0.374 e. The van der Waals surface area contributed by atoms with Crippen molar-refractivity contribution in [3.63, 3.8) is 0 Å². The third-order valence-corrected chi connectivity index (χ3v) is 4.90. The molecule has 0 aromatic heterocycles. The highest BCUT2D eigenvalue weighted by Gasteiger charge is 2.43. The summed E-state index contributed by atoms with van der Waals surface area (Å²) in [6.07, 6.45) is 9.42. The lowest BCUT2D eigenvalue weighted by atomic mass is 9.74. The van der Waals surface area contributed by atoms with Gasteiger partial charge in [0.05, 0.1) is 5.60 Å². The van der Waals surface area contributed by atoms with Gasteiger partial charge in [-0.1, -0.05) is 26.7 Å². The molecule has 0 bridgehead atoms. The first-order chi connectivity index (χ1) is 8.70. The molecule has 0 amide bonds. The van der Waals surface area contributed by atoms with E-state index in [2.05, 4.69) is 26.1 Å². The second kappa shape index (κ2) is 6.38. The maximum atomic E-state index is 6.30. The zero-order valence-electron chi connectivity index (χ0n) is 12.5. The Morgan fingerprint density at radius 2 is 1.83 bits per heavy atom. The van der Waals surface area contributed by atoms with Crippen molar-refractivity contribution in [3.8, 4) is 0 Å². The molecule has 0 saturated heterocycles. The van der Waals surface area contributed by atoms with Gasteiger partial charge in [0, 0.05) is 12.6 Å². The number of rotatable bonds is 7. The third kappa shape index (κ3) is 3.48. The Kier molecular flexibility index (Phi) is 5.08. The van der Waals surface area contributed by atoms with E-state index in [1.165, 1.54) is 44.9 Å². The Morgan fingerprint density at radius 1 is 1.17 bits per heavy atom. The molecule has 2 aliphatic carbocycles. The van der Waals surface area contributed by atoms with Crippen LogP contribution in [0.15, 0.2) is 0 Å². The zero-order valence-corrected chi connectivity index (χ0v) is 12.5. The smallest absolute Gasteiger partial charge is 0.0834 e. The number of likely N-dealkylation sites (N-methyl/N-ethyl adjacent to an activating group) is 1. The highest BCUT2D eigenvalue weighted by molar-refractivity contribution is 4.98. The summed E-state index contributed by atoms with van der Waals surface area (Å²) < 4.78 is 6.30. The van der Waals surface area contributed by atoms with Gasteiger partial charge in [-0.15, -0.1) is 0 Å². The molecule has 2 rings (SSSR count). The zero-order chi connectivity index (χ0) is 13.0. The van der Waals surface area contributed by atoms with E-state index in [0.29, 0.717) is 6.04 Å². The monoisotopic (exact) mass is 253 g/mol. The number of nitrogens with one attached hydrogen (secondary N) is 1. The van der Waals surface area contributed by atoms with Crippen LogP contribution >= 0.6 is 0 Å². The van der Waals surface area contributed by atoms with Gasteiger partial charge in [0.2, 0.25) is 0 Å². The average molecular weight is 253 g/mol. The molecule has 0 radical (unpaired) electrons. The molecule has 2 aliphatic rings. The van der Waals surface area contributed by atoms with Crippen molar-refractivity contribution < 1.29 is 4.74 Å². The maximum Gasteiger partial charge on any atom is 0.0834 e. The summed E-state index contributed by atoms with van der Waals surface area (Å²) in [7, 11) is 0. The van der Waals surface area contributed by atoms with E-state index in [1.807, 2.05) is 0 Å². The van der Waals surface area contributed by atoms with Crippen LogP contribution in [-0.4, -0.2) is 24.8 Å². The number of hydrogen-bond donors (Lipinski definition) is 1.